The van der Waals surface area contributed by atoms with Crippen LogP contribution in [-0.4, -0.2) is 59.1 Å². The van der Waals surface area contributed by atoms with Crippen LogP contribution in [0.3, 0.4) is 0 Å². The summed E-state index contributed by atoms with van der Waals surface area (Å²) in [6, 6.07) is 1.48. The third-order valence-electron chi connectivity index (χ3n) is 5.61. The zero-order chi connectivity index (χ0) is 21.4. The summed E-state index contributed by atoms with van der Waals surface area (Å²) in [7, 11) is -3.72. The van der Waals surface area contributed by atoms with Crippen LogP contribution in [0.1, 0.15) is 31.0 Å². The summed E-state index contributed by atoms with van der Waals surface area (Å²) in [6.07, 6.45) is 3.41. The van der Waals surface area contributed by atoms with Gasteiger partial charge in [0.25, 0.3) is 0 Å². The molecule has 9 heteroatoms. The van der Waals surface area contributed by atoms with Crippen molar-refractivity contribution in [1.29, 1.82) is 0 Å². The third kappa shape index (κ3) is 4.16. The molecule has 1 aromatic heterocycles. The van der Waals surface area contributed by atoms with Crippen LogP contribution < -0.4 is 5.73 Å². The number of aliphatic hydroxyl groups excluding tert-OH is 1. The van der Waals surface area contributed by atoms with Gasteiger partial charge < -0.3 is 15.7 Å². The van der Waals surface area contributed by atoms with Crippen LogP contribution in [0.2, 0.25) is 0 Å². The van der Waals surface area contributed by atoms with Crippen molar-refractivity contribution in [3.8, 4) is 23.7 Å². The fourth-order valence-electron chi connectivity index (χ4n) is 3.16. The monoisotopic (exact) mass is 417 g/mol. The normalized spacial score (nSPS) is 22.0. The zero-order valence-electron chi connectivity index (χ0n) is 16.3. The van der Waals surface area contributed by atoms with E-state index in [0.717, 1.165) is 18.4 Å². The SMILES string of the molecule is CC(CCN1Cc2cc(C#CC#CC3CC3CO)cn2C1=O)(C(N)=O)S(C)(=O)=O. The predicted molar refractivity (Wildman–Crippen MR) is 106 cm³/mol. The Morgan fingerprint density at radius 1 is 1.41 bits per heavy atom. The molecule has 0 spiro atoms. The Hall–Kier alpha value is -2.75. The van der Waals surface area contributed by atoms with Gasteiger partial charge in [-0.25, -0.2) is 13.2 Å². The molecule has 0 radical (unpaired) electrons. The molecule has 3 N–H and O–H groups in total. The van der Waals surface area contributed by atoms with E-state index < -0.39 is 20.5 Å². The highest BCUT2D eigenvalue weighted by molar-refractivity contribution is 7.92. The number of aliphatic hydroxyl groups is 1. The van der Waals surface area contributed by atoms with Crippen molar-refractivity contribution in [2.45, 2.75) is 31.1 Å². The van der Waals surface area contributed by atoms with Crippen molar-refractivity contribution in [3.63, 3.8) is 0 Å². The van der Waals surface area contributed by atoms with Gasteiger partial charge in [-0.15, -0.1) is 0 Å². The third-order valence-corrected chi connectivity index (χ3v) is 7.65. The molecule has 3 unspecified atom stereocenters. The highest BCUT2D eigenvalue weighted by Crippen LogP contribution is 2.36. The highest BCUT2D eigenvalue weighted by Gasteiger charge is 2.43. The number of rotatable bonds is 6. The van der Waals surface area contributed by atoms with Crippen LogP contribution in [0.25, 0.3) is 0 Å². The lowest BCUT2D eigenvalue weighted by molar-refractivity contribution is -0.120. The number of carbonyl (C=O) groups excluding carboxylic acids is 2. The molecule has 1 saturated carbocycles. The van der Waals surface area contributed by atoms with E-state index in [1.165, 1.54) is 16.4 Å². The van der Waals surface area contributed by atoms with Gasteiger partial charge in [-0.05, 0) is 43.6 Å². The van der Waals surface area contributed by atoms with E-state index in [0.29, 0.717) is 12.1 Å². The molecule has 29 heavy (non-hydrogen) atoms. The second-order valence-corrected chi connectivity index (χ2v) is 10.2. The van der Waals surface area contributed by atoms with Gasteiger partial charge in [0.2, 0.25) is 5.91 Å². The molecule has 0 aromatic carbocycles. The Balaban J connectivity index is 1.63. The molecule has 3 rings (SSSR count). The lowest BCUT2D eigenvalue weighted by Crippen LogP contribution is -2.49. The number of nitrogens with zero attached hydrogens (tertiary/aromatic N) is 2. The summed E-state index contributed by atoms with van der Waals surface area (Å²) < 4.78 is 23.6. The van der Waals surface area contributed by atoms with Gasteiger partial charge in [-0.3, -0.25) is 9.36 Å². The summed E-state index contributed by atoms with van der Waals surface area (Å²) in [5.74, 6) is 11.0. The molecular weight excluding hydrogens is 394 g/mol. The van der Waals surface area contributed by atoms with Gasteiger partial charge >= 0.3 is 6.03 Å². The van der Waals surface area contributed by atoms with Crippen molar-refractivity contribution in [2.24, 2.45) is 17.6 Å². The molecule has 1 fully saturated rings. The van der Waals surface area contributed by atoms with Gasteiger partial charge in [0.05, 0.1) is 6.54 Å². The quantitative estimate of drug-likeness (QED) is 0.628. The van der Waals surface area contributed by atoms with Crippen LogP contribution >= 0.6 is 0 Å². The van der Waals surface area contributed by atoms with E-state index in [1.807, 2.05) is 0 Å². The first kappa shape index (κ1) is 21.0. The largest absolute Gasteiger partial charge is 0.396 e. The van der Waals surface area contributed by atoms with Gasteiger partial charge in [0.1, 0.15) is 4.75 Å². The highest BCUT2D eigenvalue weighted by atomic mass is 32.2. The topological polar surface area (TPSA) is 123 Å². The number of carbonyl (C=O) groups is 2. The van der Waals surface area contributed by atoms with Gasteiger partial charge in [-0.1, -0.05) is 11.8 Å². The number of nitrogens with two attached hydrogens (primary N) is 1. The molecule has 0 bridgehead atoms. The molecule has 1 aliphatic heterocycles. The van der Waals surface area contributed by atoms with Crippen molar-refractivity contribution in [3.05, 3.63) is 23.5 Å². The lowest BCUT2D eigenvalue weighted by Gasteiger charge is -2.26. The van der Waals surface area contributed by atoms with Crippen LogP contribution in [-0.2, 0) is 21.2 Å². The van der Waals surface area contributed by atoms with E-state index in [1.54, 1.807) is 12.3 Å². The minimum atomic E-state index is -3.72. The molecule has 1 aromatic rings. The maximum absolute atomic E-state index is 12.6. The fraction of sp³-hybridized carbons (Fsp3) is 0.500. The number of hydrogen-bond donors (Lipinski definition) is 2. The number of aromatic nitrogens is 1. The van der Waals surface area contributed by atoms with Gasteiger partial charge in [-0.2, -0.15) is 0 Å². The number of fused-ring (bicyclic) bond motifs is 1. The average Bonchev–Trinajstić information content (AvgIpc) is 3.20. The molecule has 3 atom stereocenters. The molecule has 1 aliphatic carbocycles. The zero-order valence-corrected chi connectivity index (χ0v) is 17.1. The number of primary amides is 1. The maximum Gasteiger partial charge on any atom is 0.328 e. The molecule has 0 saturated heterocycles. The summed E-state index contributed by atoms with van der Waals surface area (Å²) >= 11 is 0. The van der Waals surface area contributed by atoms with Crippen molar-refractivity contribution in [2.75, 3.05) is 19.4 Å². The number of hydrogen-bond acceptors (Lipinski definition) is 5. The Labute approximate surface area is 170 Å². The van der Waals surface area contributed by atoms with E-state index in [4.69, 9.17) is 10.8 Å². The minimum absolute atomic E-state index is 0.0734. The first-order chi connectivity index (χ1) is 13.6. The molecule has 2 aliphatic rings. The van der Waals surface area contributed by atoms with E-state index in [9.17, 15) is 18.0 Å². The molecule has 8 nitrogen and oxygen atoms in total. The fourth-order valence-corrected chi connectivity index (χ4v) is 3.99. The Bertz CT molecular complexity index is 1080. The predicted octanol–water partition coefficient (Wildman–Crippen LogP) is -0.0662. The Kier molecular flexibility index (Phi) is 5.48. The molecule has 2 heterocycles. The van der Waals surface area contributed by atoms with Crippen molar-refractivity contribution in [1.82, 2.24) is 9.47 Å². The molecule has 2 amide bonds. The minimum Gasteiger partial charge on any atom is -0.396 e. The number of sulfone groups is 1. The van der Waals surface area contributed by atoms with Crippen molar-refractivity contribution >= 4 is 21.8 Å². The van der Waals surface area contributed by atoms with Gasteiger partial charge in [0.15, 0.2) is 9.84 Å². The standard InChI is InChI=1S/C20H23N3O5S/c1-20(18(21)25,29(2,27)28)7-8-22-12-17-9-14(11-23(17)19(22)26)5-3-4-6-15-10-16(15)13-24/h9,11,15-16,24H,7-8,10,12-13H2,1-2H3,(H2,21,25). The molecule has 154 valence electrons. The van der Waals surface area contributed by atoms with Crippen molar-refractivity contribution < 1.29 is 23.1 Å². The summed E-state index contributed by atoms with van der Waals surface area (Å²) in [4.78, 5) is 25.7. The van der Waals surface area contributed by atoms with Crippen LogP contribution in [0.15, 0.2) is 12.3 Å². The maximum atomic E-state index is 12.6. The Morgan fingerprint density at radius 2 is 2.14 bits per heavy atom. The average molecular weight is 417 g/mol. The number of amides is 2. The lowest BCUT2D eigenvalue weighted by atomic mass is 10.1. The van der Waals surface area contributed by atoms with Crippen LogP contribution in [0.5, 0.6) is 0 Å². The first-order valence-corrected chi connectivity index (χ1v) is 11.1. The van der Waals surface area contributed by atoms with Crippen LogP contribution in [0.4, 0.5) is 4.79 Å². The van der Waals surface area contributed by atoms with E-state index >= 15 is 0 Å². The van der Waals surface area contributed by atoms with E-state index in [2.05, 4.69) is 23.7 Å². The second-order valence-electron chi connectivity index (χ2n) is 7.72. The second kappa shape index (κ2) is 7.58. The van der Waals surface area contributed by atoms with Gasteiger partial charge in [0, 0.05) is 42.8 Å². The van der Waals surface area contributed by atoms with Crippen LogP contribution in [0, 0.1) is 35.5 Å². The smallest absolute Gasteiger partial charge is 0.328 e. The Morgan fingerprint density at radius 3 is 2.69 bits per heavy atom. The summed E-state index contributed by atoms with van der Waals surface area (Å²) in [5, 5.41) is 8.98. The summed E-state index contributed by atoms with van der Waals surface area (Å²) in [6.45, 7) is 1.82. The van der Waals surface area contributed by atoms with E-state index in [-0.39, 0.29) is 37.4 Å². The first-order valence-electron chi connectivity index (χ1n) is 9.19. The summed E-state index contributed by atoms with van der Waals surface area (Å²) in [5.41, 5.74) is 6.68. The molecular formula is C20H23N3O5S.